The summed E-state index contributed by atoms with van der Waals surface area (Å²) in [4.78, 5) is 0. The Balaban J connectivity index is 0.00000320. The van der Waals surface area contributed by atoms with Gasteiger partial charge in [-0.3, -0.25) is 10.8 Å². The number of amidine groups is 2. The van der Waals surface area contributed by atoms with Crippen LogP contribution in [0.5, 0.6) is 11.5 Å². The van der Waals surface area contributed by atoms with Crippen molar-refractivity contribution < 1.29 is 9.47 Å². The molecular formula is C24H28N4O2. The molecule has 3 aromatic carbocycles. The summed E-state index contributed by atoms with van der Waals surface area (Å²) in [5.74, 6) is 1.36. The highest BCUT2D eigenvalue weighted by atomic mass is 16.5. The van der Waals surface area contributed by atoms with Gasteiger partial charge in [-0.15, -0.1) is 0 Å². The molecule has 0 radical (unpaired) electrons. The summed E-state index contributed by atoms with van der Waals surface area (Å²) in [5.41, 5.74) is 15.5. The summed E-state index contributed by atoms with van der Waals surface area (Å²) in [6.07, 6.45) is 0. The molecule has 0 spiro atoms. The normalized spacial score (nSPS) is 10.0. The minimum atomic E-state index is 0. The van der Waals surface area contributed by atoms with Gasteiger partial charge in [-0.1, -0.05) is 49.4 Å². The summed E-state index contributed by atoms with van der Waals surface area (Å²) in [7, 11) is 0. The van der Waals surface area contributed by atoms with Gasteiger partial charge >= 0.3 is 0 Å². The number of hydrogen-bond donors (Lipinski definition) is 4. The zero-order valence-corrected chi connectivity index (χ0v) is 16.2. The predicted molar refractivity (Wildman–Crippen MR) is 121 cm³/mol. The van der Waals surface area contributed by atoms with Gasteiger partial charge in [0.1, 0.15) is 36.4 Å². The lowest BCUT2D eigenvalue weighted by Crippen LogP contribution is -2.11. The molecule has 0 bridgehead atoms. The van der Waals surface area contributed by atoms with Crippen molar-refractivity contribution in [3.05, 3.63) is 94.5 Å². The molecule has 0 unspecified atom stereocenters. The molecule has 30 heavy (non-hydrogen) atoms. The molecule has 3 aromatic rings. The van der Waals surface area contributed by atoms with Crippen LogP contribution in [0.1, 0.15) is 35.2 Å². The van der Waals surface area contributed by atoms with E-state index in [-0.39, 0.29) is 19.1 Å². The molecule has 156 valence electrons. The van der Waals surface area contributed by atoms with E-state index < -0.39 is 0 Å². The number of nitrogens with two attached hydrogens (primary N) is 2. The molecule has 0 heterocycles. The third kappa shape index (κ3) is 6.10. The van der Waals surface area contributed by atoms with Gasteiger partial charge in [0.2, 0.25) is 0 Å². The van der Waals surface area contributed by atoms with E-state index in [9.17, 15) is 0 Å². The topological polar surface area (TPSA) is 118 Å². The fourth-order valence-corrected chi connectivity index (χ4v) is 2.95. The maximum Gasteiger partial charge on any atom is 0.122 e. The zero-order valence-electron chi connectivity index (χ0n) is 16.2. The Kier molecular flexibility index (Phi) is 7.58. The van der Waals surface area contributed by atoms with E-state index in [1.807, 2.05) is 37.3 Å². The summed E-state index contributed by atoms with van der Waals surface area (Å²) in [6.45, 7) is 2.82. The number of nitrogens with one attached hydrogen (secondary N) is 2. The smallest absolute Gasteiger partial charge is 0.122 e. The van der Waals surface area contributed by atoms with Gasteiger partial charge in [-0.2, -0.15) is 0 Å². The summed E-state index contributed by atoms with van der Waals surface area (Å²) in [6, 6.07) is 20.5. The van der Waals surface area contributed by atoms with Crippen LogP contribution >= 0.6 is 0 Å². The van der Waals surface area contributed by atoms with Crippen LogP contribution < -0.4 is 20.9 Å². The van der Waals surface area contributed by atoms with E-state index in [0.29, 0.717) is 35.8 Å². The molecule has 0 atom stereocenters. The van der Waals surface area contributed by atoms with Gasteiger partial charge < -0.3 is 20.9 Å². The SMILES string of the molecule is C.Cc1cc(COc2cccc(C(=N)N)c2)cc(COc2cccc(C(=N)N)c2)c1. The van der Waals surface area contributed by atoms with E-state index >= 15 is 0 Å². The first-order chi connectivity index (χ1) is 13.9. The maximum atomic E-state index is 7.53. The Morgan fingerprint density at radius 2 is 1.17 bits per heavy atom. The number of nitrogen functional groups attached to an aromatic ring is 2. The van der Waals surface area contributed by atoms with Crippen LogP contribution in [0.3, 0.4) is 0 Å². The Hall–Kier alpha value is -3.80. The van der Waals surface area contributed by atoms with Crippen molar-refractivity contribution in [1.82, 2.24) is 0 Å². The van der Waals surface area contributed by atoms with Crippen LogP contribution in [-0.4, -0.2) is 11.7 Å². The molecule has 6 N–H and O–H groups in total. The van der Waals surface area contributed by atoms with Gasteiger partial charge in [0.25, 0.3) is 0 Å². The highest BCUT2D eigenvalue weighted by Crippen LogP contribution is 2.19. The molecular weight excluding hydrogens is 376 g/mol. The molecule has 6 nitrogen and oxygen atoms in total. The van der Waals surface area contributed by atoms with Crippen molar-refractivity contribution in [3.8, 4) is 11.5 Å². The average Bonchev–Trinajstić information content (AvgIpc) is 2.71. The largest absolute Gasteiger partial charge is 0.489 e. The minimum absolute atomic E-state index is 0. The molecule has 0 aromatic heterocycles. The molecule has 0 aliphatic heterocycles. The van der Waals surface area contributed by atoms with Crippen molar-refractivity contribution >= 4 is 11.7 Å². The lowest BCUT2D eigenvalue weighted by atomic mass is 10.1. The van der Waals surface area contributed by atoms with Crippen molar-refractivity contribution in [2.45, 2.75) is 27.6 Å². The van der Waals surface area contributed by atoms with Crippen LogP contribution in [0.25, 0.3) is 0 Å². The third-order valence-corrected chi connectivity index (χ3v) is 4.30. The highest BCUT2D eigenvalue weighted by Gasteiger charge is 2.05. The Morgan fingerprint density at radius 3 is 1.57 bits per heavy atom. The number of rotatable bonds is 8. The van der Waals surface area contributed by atoms with Gasteiger partial charge in [-0.05, 0) is 48.4 Å². The number of benzene rings is 3. The number of aryl methyl sites for hydroxylation is 1. The first-order valence-electron chi connectivity index (χ1n) is 9.14. The Morgan fingerprint density at radius 1 is 0.733 bits per heavy atom. The second kappa shape index (κ2) is 10.1. The van der Waals surface area contributed by atoms with Gasteiger partial charge in [-0.25, -0.2) is 0 Å². The zero-order chi connectivity index (χ0) is 20.8. The standard InChI is InChI=1S/C23H24N4O2.CH4/c1-15-8-16(13-28-20-6-2-4-18(11-20)22(24)25)10-17(9-15)14-29-21-7-3-5-19(12-21)23(26)27;/h2-12H,13-14H2,1H3,(H3,24,25)(H3,26,27);1H4. The van der Waals surface area contributed by atoms with E-state index in [4.69, 9.17) is 31.8 Å². The first kappa shape index (κ1) is 22.5. The van der Waals surface area contributed by atoms with Crippen molar-refractivity contribution in [2.75, 3.05) is 0 Å². The van der Waals surface area contributed by atoms with Crippen molar-refractivity contribution in [2.24, 2.45) is 11.5 Å². The molecule has 0 saturated carbocycles. The van der Waals surface area contributed by atoms with Gasteiger partial charge in [0.15, 0.2) is 0 Å². The van der Waals surface area contributed by atoms with Crippen LogP contribution in [0.15, 0.2) is 66.7 Å². The highest BCUT2D eigenvalue weighted by molar-refractivity contribution is 5.95. The Bertz CT molecular complexity index is 967. The van der Waals surface area contributed by atoms with E-state index in [0.717, 1.165) is 16.7 Å². The van der Waals surface area contributed by atoms with E-state index in [1.165, 1.54) is 0 Å². The maximum absolute atomic E-state index is 7.53. The van der Waals surface area contributed by atoms with Crippen LogP contribution in [0.2, 0.25) is 0 Å². The molecule has 0 aliphatic carbocycles. The fourth-order valence-electron chi connectivity index (χ4n) is 2.95. The predicted octanol–water partition coefficient (Wildman–Crippen LogP) is 4.36. The summed E-state index contributed by atoms with van der Waals surface area (Å²) in [5, 5.41) is 15.1. The fraction of sp³-hybridized carbons (Fsp3) is 0.167. The average molecular weight is 405 g/mol. The van der Waals surface area contributed by atoms with E-state index in [1.54, 1.807) is 24.3 Å². The molecule has 0 aliphatic rings. The van der Waals surface area contributed by atoms with Crippen molar-refractivity contribution in [1.29, 1.82) is 10.8 Å². The van der Waals surface area contributed by atoms with Gasteiger partial charge in [0.05, 0.1) is 0 Å². The van der Waals surface area contributed by atoms with Crippen LogP contribution in [0, 0.1) is 17.7 Å². The van der Waals surface area contributed by atoms with Crippen LogP contribution in [0.4, 0.5) is 0 Å². The number of ether oxygens (including phenoxy) is 2. The monoisotopic (exact) mass is 404 g/mol. The molecule has 3 rings (SSSR count). The first-order valence-corrected chi connectivity index (χ1v) is 9.14. The quantitative estimate of drug-likeness (QED) is 0.329. The molecule has 0 saturated heterocycles. The number of hydrogen-bond acceptors (Lipinski definition) is 4. The summed E-state index contributed by atoms with van der Waals surface area (Å²) < 4.78 is 11.7. The van der Waals surface area contributed by atoms with E-state index in [2.05, 4.69) is 12.1 Å². The molecule has 6 heteroatoms. The van der Waals surface area contributed by atoms with Crippen molar-refractivity contribution in [3.63, 3.8) is 0 Å². The lowest BCUT2D eigenvalue weighted by Gasteiger charge is -2.12. The second-order valence-electron chi connectivity index (χ2n) is 6.79. The minimum Gasteiger partial charge on any atom is -0.489 e. The molecule has 0 amide bonds. The molecule has 0 fully saturated rings. The Labute approximate surface area is 177 Å². The third-order valence-electron chi connectivity index (χ3n) is 4.30. The van der Waals surface area contributed by atoms with Gasteiger partial charge in [0, 0.05) is 11.1 Å². The van der Waals surface area contributed by atoms with Crippen LogP contribution in [-0.2, 0) is 13.2 Å². The lowest BCUT2D eigenvalue weighted by molar-refractivity contribution is 0.299. The summed E-state index contributed by atoms with van der Waals surface area (Å²) >= 11 is 0. The second-order valence-corrected chi connectivity index (χ2v) is 6.79.